The summed E-state index contributed by atoms with van der Waals surface area (Å²) in [5.41, 5.74) is 2.84. The van der Waals surface area contributed by atoms with Gasteiger partial charge in [0.25, 0.3) is 0 Å². The number of methoxy groups -OCH3 is 1. The van der Waals surface area contributed by atoms with E-state index in [1.54, 1.807) is 7.11 Å². The van der Waals surface area contributed by atoms with Gasteiger partial charge in [0.2, 0.25) is 0 Å². The first kappa shape index (κ1) is 14.2. The molecule has 1 aliphatic heterocycles. The summed E-state index contributed by atoms with van der Waals surface area (Å²) in [4.78, 5) is 4.77. The number of hydrogen-bond donors (Lipinski definition) is 0. The van der Waals surface area contributed by atoms with Crippen LogP contribution in [-0.2, 0) is 0 Å². The monoisotopic (exact) mass is 262 g/mol. The molecule has 3 nitrogen and oxygen atoms in total. The summed E-state index contributed by atoms with van der Waals surface area (Å²) in [6, 6.07) is 7.06. The molecule has 2 rings (SSSR count). The number of ether oxygens (including phenoxy) is 1. The van der Waals surface area contributed by atoms with Crippen LogP contribution in [0.25, 0.3) is 0 Å². The van der Waals surface area contributed by atoms with Gasteiger partial charge in [0, 0.05) is 24.2 Å². The molecule has 0 radical (unpaired) electrons. The Morgan fingerprint density at radius 3 is 2.68 bits per heavy atom. The minimum absolute atomic E-state index is 0.552. The predicted octanol–water partition coefficient (Wildman–Crippen LogP) is 2.96. The van der Waals surface area contributed by atoms with E-state index in [-0.39, 0.29) is 0 Å². The van der Waals surface area contributed by atoms with Gasteiger partial charge in [-0.05, 0) is 64.7 Å². The average molecular weight is 262 g/mol. The number of benzene rings is 1. The third-order valence-corrected chi connectivity index (χ3v) is 3.95. The maximum Gasteiger partial charge on any atom is 0.119 e. The molecular formula is C16H26N2O. The molecule has 0 aromatic heterocycles. The van der Waals surface area contributed by atoms with Crippen LogP contribution < -0.4 is 9.64 Å². The van der Waals surface area contributed by atoms with Crippen LogP contribution in [0, 0.1) is 0 Å². The summed E-state index contributed by atoms with van der Waals surface area (Å²) in [6.45, 7) is 6.80. The fraction of sp³-hybridized carbons (Fsp3) is 0.625. The zero-order valence-corrected chi connectivity index (χ0v) is 12.8. The quantitative estimate of drug-likeness (QED) is 0.811. The van der Waals surface area contributed by atoms with Crippen LogP contribution in [0.3, 0.4) is 0 Å². The SMILES string of the molecule is COc1ccc2c(c1)[C@@H](CCN(C)C)CN2C(C)C. The predicted molar refractivity (Wildman–Crippen MR) is 81.4 cm³/mol. The molecule has 0 spiro atoms. The van der Waals surface area contributed by atoms with E-state index in [0.717, 1.165) is 18.8 Å². The van der Waals surface area contributed by atoms with Gasteiger partial charge in [0.15, 0.2) is 0 Å². The first-order valence-electron chi connectivity index (χ1n) is 7.12. The van der Waals surface area contributed by atoms with Crippen molar-refractivity contribution in [2.75, 3.05) is 39.2 Å². The van der Waals surface area contributed by atoms with E-state index in [0.29, 0.717) is 12.0 Å². The fourth-order valence-electron chi connectivity index (χ4n) is 2.83. The number of anilines is 1. The molecule has 1 aliphatic rings. The third-order valence-electron chi connectivity index (χ3n) is 3.95. The van der Waals surface area contributed by atoms with Gasteiger partial charge in [0.05, 0.1) is 7.11 Å². The first-order chi connectivity index (χ1) is 9.02. The summed E-state index contributed by atoms with van der Waals surface area (Å²) in [5.74, 6) is 1.59. The third kappa shape index (κ3) is 3.03. The molecule has 0 aliphatic carbocycles. The Labute approximate surface area is 117 Å². The highest BCUT2D eigenvalue weighted by atomic mass is 16.5. The Bertz CT molecular complexity index is 429. The molecule has 106 valence electrons. The molecule has 0 N–H and O–H groups in total. The zero-order chi connectivity index (χ0) is 14.0. The Morgan fingerprint density at radius 2 is 2.11 bits per heavy atom. The molecule has 3 heteroatoms. The van der Waals surface area contributed by atoms with Crippen LogP contribution in [0.1, 0.15) is 31.7 Å². The van der Waals surface area contributed by atoms with Gasteiger partial charge in [-0.3, -0.25) is 0 Å². The lowest BCUT2D eigenvalue weighted by Crippen LogP contribution is -2.30. The number of nitrogens with zero attached hydrogens (tertiary/aromatic N) is 2. The smallest absolute Gasteiger partial charge is 0.119 e. The number of fused-ring (bicyclic) bond motifs is 1. The second-order valence-corrected chi connectivity index (χ2v) is 5.96. The van der Waals surface area contributed by atoms with Gasteiger partial charge in [0.1, 0.15) is 5.75 Å². The lowest BCUT2D eigenvalue weighted by molar-refractivity contribution is 0.382. The molecule has 0 saturated heterocycles. The molecule has 0 saturated carbocycles. The van der Waals surface area contributed by atoms with Crippen LogP contribution >= 0.6 is 0 Å². The van der Waals surface area contributed by atoms with E-state index >= 15 is 0 Å². The number of hydrogen-bond acceptors (Lipinski definition) is 3. The van der Waals surface area contributed by atoms with Crippen molar-refractivity contribution in [1.82, 2.24) is 4.90 Å². The van der Waals surface area contributed by atoms with Crippen LogP contribution in [0.15, 0.2) is 18.2 Å². The van der Waals surface area contributed by atoms with Gasteiger partial charge in [-0.25, -0.2) is 0 Å². The van der Waals surface area contributed by atoms with Crippen LogP contribution in [0.5, 0.6) is 5.75 Å². The first-order valence-corrected chi connectivity index (χ1v) is 7.12. The number of rotatable bonds is 5. The summed E-state index contributed by atoms with van der Waals surface area (Å²) >= 11 is 0. The Morgan fingerprint density at radius 1 is 1.37 bits per heavy atom. The standard InChI is InChI=1S/C16H26N2O/c1-12(2)18-11-13(8-9-17(3)4)15-10-14(19-5)6-7-16(15)18/h6-7,10,12-13H,8-9,11H2,1-5H3/t13-/m0/s1. The van der Waals surface area contributed by atoms with Crippen LogP contribution in [0.4, 0.5) is 5.69 Å². The van der Waals surface area contributed by atoms with E-state index in [2.05, 4.69) is 55.9 Å². The molecular weight excluding hydrogens is 236 g/mol. The molecule has 1 atom stereocenters. The molecule has 0 amide bonds. The molecule has 1 aromatic rings. The molecule has 1 aromatic carbocycles. The van der Waals surface area contributed by atoms with E-state index in [4.69, 9.17) is 4.74 Å². The highest BCUT2D eigenvalue weighted by molar-refractivity contribution is 5.62. The topological polar surface area (TPSA) is 15.7 Å². The van der Waals surface area contributed by atoms with Crippen LogP contribution in [-0.4, -0.2) is 45.2 Å². The normalized spacial score (nSPS) is 18.3. The maximum absolute atomic E-state index is 5.38. The minimum atomic E-state index is 0.552. The van der Waals surface area contributed by atoms with Gasteiger partial charge in [-0.2, -0.15) is 0 Å². The summed E-state index contributed by atoms with van der Waals surface area (Å²) < 4.78 is 5.38. The molecule has 1 heterocycles. The van der Waals surface area contributed by atoms with Crippen molar-refractivity contribution in [2.45, 2.75) is 32.2 Å². The average Bonchev–Trinajstić information content (AvgIpc) is 2.74. The highest BCUT2D eigenvalue weighted by Gasteiger charge is 2.30. The molecule has 19 heavy (non-hydrogen) atoms. The molecule has 0 bridgehead atoms. The lowest BCUT2D eigenvalue weighted by atomic mass is 9.97. The van der Waals surface area contributed by atoms with Crippen molar-refractivity contribution >= 4 is 5.69 Å². The van der Waals surface area contributed by atoms with Crippen molar-refractivity contribution < 1.29 is 4.74 Å². The van der Waals surface area contributed by atoms with E-state index < -0.39 is 0 Å². The summed E-state index contributed by atoms with van der Waals surface area (Å²) in [6.07, 6.45) is 1.20. The van der Waals surface area contributed by atoms with E-state index in [9.17, 15) is 0 Å². The van der Waals surface area contributed by atoms with Crippen molar-refractivity contribution in [3.63, 3.8) is 0 Å². The van der Waals surface area contributed by atoms with Gasteiger partial charge < -0.3 is 14.5 Å². The largest absolute Gasteiger partial charge is 0.497 e. The van der Waals surface area contributed by atoms with E-state index in [1.165, 1.54) is 17.7 Å². The zero-order valence-electron chi connectivity index (χ0n) is 12.8. The Hall–Kier alpha value is -1.22. The molecule has 0 unspecified atom stereocenters. The van der Waals surface area contributed by atoms with Crippen molar-refractivity contribution in [2.24, 2.45) is 0 Å². The van der Waals surface area contributed by atoms with Crippen molar-refractivity contribution in [1.29, 1.82) is 0 Å². The second-order valence-electron chi connectivity index (χ2n) is 5.96. The minimum Gasteiger partial charge on any atom is -0.497 e. The second kappa shape index (κ2) is 5.83. The molecule has 0 fully saturated rings. The maximum atomic E-state index is 5.38. The van der Waals surface area contributed by atoms with Crippen molar-refractivity contribution in [3.8, 4) is 5.75 Å². The van der Waals surface area contributed by atoms with E-state index in [1.807, 2.05) is 0 Å². The van der Waals surface area contributed by atoms with Gasteiger partial charge >= 0.3 is 0 Å². The summed E-state index contributed by atoms with van der Waals surface area (Å²) in [5, 5.41) is 0. The van der Waals surface area contributed by atoms with Crippen LogP contribution in [0.2, 0.25) is 0 Å². The van der Waals surface area contributed by atoms with Crippen molar-refractivity contribution in [3.05, 3.63) is 23.8 Å². The highest BCUT2D eigenvalue weighted by Crippen LogP contribution is 2.41. The Balaban J connectivity index is 2.25. The fourth-order valence-corrected chi connectivity index (χ4v) is 2.83. The summed E-state index contributed by atoms with van der Waals surface area (Å²) in [7, 11) is 6.02. The van der Waals surface area contributed by atoms with Gasteiger partial charge in [-0.1, -0.05) is 0 Å². The van der Waals surface area contributed by atoms with Gasteiger partial charge in [-0.15, -0.1) is 0 Å². The Kier molecular flexibility index (Phi) is 4.35. The lowest BCUT2D eigenvalue weighted by Gasteiger charge is -2.24.